The van der Waals surface area contributed by atoms with Crippen molar-refractivity contribution in [1.82, 2.24) is 10.2 Å². The molecule has 2 aromatic carbocycles. The number of aromatic nitrogens is 2. The predicted octanol–water partition coefficient (Wildman–Crippen LogP) is 2.71. The number of anilines is 1. The Kier molecular flexibility index (Phi) is 6.45. The number of carbonyl (C=O) groups excluding carboxylic acids is 1. The van der Waals surface area contributed by atoms with Crippen molar-refractivity contribution in [3.63, 3.8) is 0 Å². The molecule has 0 bridgehead atoms. The monoisotopic (exact) mass is 433 g/mol. The van der Waals surface area contributed by atoms with Crippen molar-refractivity contribution in [3.8, 4) is 11.5 Å². The summed E-state index contributed by atoms with van der Waals surface area (Å²) in [4.78, 5) is 12.5. The first-order chi connectivity index (χ1) is 13.9. The van der Waals surface area contributed by atoms with E-state index in [4.69, 9.17) is 9.47 Å². The fourth-order valence-corrected chi connectivity index (χ4v) is 4.95. The van der Waals surface area contributed by atoms with Gasteiger partial charge in [0.15, 0.2) is 21.3 Å². The lowest BCUT2D eigenvalue weighted by molar-refractivity contribution is -0.115. The number of carbonyl (C=O) groups is 1. The molecule has 0 saturated carbocycles. The minimum absolute atomic E-state index is 0.0948. The van der Waals surface area contributed by atoms with E-state index in [-0.39, 0.29) is 28.1 Å². The molecule has 1 heterocycles. The van der Waals surface area contributed by atoms with Gasteiger partial charge in [0.05, 0.1) is 25.5 Å². The normalized spacial score (nSPS) is 11.1. The van der Waals surface area contributed by atoms with Gasteiger partial charge in [-0.2, -0.15) is 0 Å². The quantitative estimate of drug-likeness (QED) is 0.582. The average Bonchev–Trinajstić information content (AvgIpc) is 3.14. The van der Waals surface area contributed by atoms with Crippen molar-refractivity contribution in [2.45, 2.75) is 17.1 Å². The zero-order valence-electron chi connectivity index (χ0n) is 15.8. The first-order valence-electron chi connectivity index (χ1n) is 8.52. The van der Waals surface area contributed by atoms with Gasteiger partial charge in [-0.05, 0) is 29.8 Å². The van der Waals surface area contributed by atoms with Crippen LogP contribution >= 0.6 is 11.3 Å². The fourth-order valence-electron chi connectivity index (χ4n) is 2.58. The topological polar surface area (TPSA) is 107 Å². The van der Waals surface area contributed by atoms with Gasteiger partial charge in [-0.15, -0.1) is 10.2 Å². The van der Waals surface area contributed by atoms with Crippen LogP contribution in [0.2, 0.25) is 0 Å². The highest BCUT2D eigenvalue weighted by Crippen LogP contribution is 2.28. The van der Waals surface area contributed by atoms with Gasteiger partial charge in [-0.3, -0.25) is 4.79 Å². The lowest BCUT2D eigenvalue weighted by Gasteiger charge is -2.09. The standard InChI is InChI=1S/C19H19N3O5S2/c1-26-15-9-8-13(10-16(15)27-2)11-17(23)20-19-22-21-18(28-19)12-29(24,25)14-6-4-3-5-7-14/h3-10H,11-12H2,1-2H3,(H,20,22,23). The molecule has 1 amide bonds. The molecule has 0 atom stereocenters. The molecule has 0 radical (unpaired) electrons. The van der Waals surface area contributed by atoms with E-state index in [1.165, 1.54) is 26.4 Å². The molecule has 8 nitrogen and oxygen atoms in total. The number of hydrogen-bond acceptors (Lipinski definition) is 8. The first-order valence-corrected chi connectivity index (χ1v) is 11.0. The van der Waals surface area contributed by atoms with Crippen LogP contribution in [0.3, 0.4) is 0 Å². The molecular formula is C19H19N3O5S2. The summed E-state index contributed by atoms with van der Waals surface area (Å²) in [5, 5.41) is 10.9. The van der Waals surface area contributed by atoms with Gasteiger partial charge in [0.2, 0.25) is 11.0 Å². The Balaban J connectivity index is 1.63. The molecule has 0 saturated heterocycles. The number of amides is 1. The smallest absolute Gasteiger partial charge is 0.230 e. The van der Waals surface area contributed by atoms with Crippen molar-refractivity contribution in [1.29, 1.82) is 0 Å². The Morgan fingerprint density at radius 3 is 2.45 bits per heavy atom. The Labute approximate surface area is 172 Å². The van der Waals surface area contributed by atoms with Crippen molar-refractivity contribution >= 4 is 32.2 Å². The van der Waals surface area contributed by atoms with Gasteiger partial charge in [0.1, 0.15) is 10.8 Å². The highest BCUT2D eigenvalue weighted by molar-refractivity contribution is 7.90. The lowest BCUT2D eigenvalue weighted by atomic mass is 10.1. The number of rotatable bonds is 8. The van der Waals surface area contributed by atoms with E-state index < -0.39 is 9.84 Å². The summed E-state index contributed by atoms with van der Waals surface area (Å²) in [5.74, 6) is 0.526. The van der Waals surface area contributed by atoms with Crippen molar-refractivity contribution in [3.05, 3.63) is 59.1 Å². The van der Waals surface area contributed by atoms with Gasteiger partial charge < -0.3 is 14.8 Å². The van der Waals surface area contributed by atoms with Crippen molar-refractivity contribution in [2.24, 2.45) is 0 Å². The summed E-state index contributed by atoms with van der Waals surface area (Å²) in [7, 11) is -0.463. The molecule has 0 spiro atoms. The van der Waals surface area contributed by atoms with E-state index in [2.05, 4.69) is 15.5 Å². The van der Waals surface area contributed by atoms with E-state index >= 15 is 0 Å². The van der Waals surface area contributed by atoms with Crippen LogP contribution in [-0.2, 0) is 26.8 Å². The minimum Gasteiger partial charge on any atom is -0.493 e. The highest BCUT2D eigenvalue weighted by Gasteiger charge is 2.19. The van der Waals surface area contributed by atoms with Crippen LogP contribution in [0.1, 0.15) is 10.6 Å². The van der Waals surface area contributed by atoms with Gasteiger partial charge in [-0.1, -0.05) is 35.6 Å². The Morgan fingerprint density at radius 1 is 1.03 bits per heavy atom. The van der Waals surface area contributed by atoms with Crippen LogP contribution in [0.15, 0.2) is 53.4 Å². The van der Waals surface area contributed by atoms with Crippen LogP contribution in [0.25, 0.3) is 0 Å². The van der Waals surface area contributed by atoms with Gasteiger partial charge in [0, 0.05) is 0 Å². The SMILES string of the molecule is COc1ccc(CC(=O)Nc2nnc(CS(=O)(=O)c3ccccc3)s2)cc1OC. The van der Waals surface area contributed by atoms with Gasteiger partial charge in [-0.25, -0.2) is 8.42 Å². The van der Waals surface area contributed by atoms with E-state index in [0.717, 1.165) is 16.9 Å². The number of nitrogens with one attached hydrogen (secondary N) is 1. The van der Waals surface area contributed by atoms with Crippen molar-refractivity contribution in [2.75, 3.05) is 19.5 Å². The van der Waals surface area contributed by atoms with E-state index in [1.807, 2.05) is 0 Å². The molecule has 29 heavy (non-hydrogen) atoms. The molecule has 1 aromatic heterocycles. The summed E-state index contributed by atoms with van der Waals surface area (Å²) in [6, 6.07) is 13.3. The minimum atomic E-state index is -3.52. The molecule has 3 aromatic rings. The van der Waals surface area contributed by atoms with Crippen LogP contribution in [0.5, 0.6) is 11.5 Å². The fraction of sp³-hybridized carbons (Fsp3) is 0.211. The van der Waals surface area contributed by atoms with Crippen LogP contribution in [-0.4, -0.2) is 38.7 Å². The third kappa shape index (κ3) is 5.30. The third-order valence-electron chi connectivity index (χ3n) is 3.94. The molecule has 10 heteroatoms. The Hall–Kier alpha value is -2.98. The average molecular weight is 434 g/mol. The Morgan fingerprint density at radius 2 is 1.76 bits per heavy atom. The van der Waals surface area contributed by atoms with Crippen LogP contribution in [0.4, 0.5) is 5.13 Å². The molecule has 3 rings (SSSR count). The third-order valence-corrected chi connectivity index (χ3v) is 6.61. The lowest BCUT2D eigenvalue weighted by Crippen LogP contribution is -2.14. The number of sulfone groups is 1. The molecule has 0 aliphatic rings. The largest absolute Gasteiger partial charge is 0.493 e. The number of benzene rings is 2. The number of hydrogen-bond donors (Lipinski definition) is 1. The molecule has 0 aliphatic heterocycles. The van der Waals surface area contributed by atoms with Crippen LogP contribution < -0.4 is 14.8 Å². The summed E-state index contributed by atoms with van der Waals surface area (Å²) in [6.45, 7) is 0. The molecule has 1 N–H and O–H groups in total. The zero-order valence-corrected chi connectivity index (χ0v) is 17.4. The molecular weight excluding hydrogens is 414 g/mol. The highest BCUT2D eigenvalue weighted by atomic mass is 32.2. The second-order valence-electron chi connectivity index (χ2n) is 5.99. The second kappa shape index (κ2) is 9.01. The number of nitrogens with zero attached hydrogens (tertiary/aromatic N) is 2. The summed E-state index contributed by atoms with van der Waals surface area (Å²) < 4.78 is 35.2. The molecule has 0 aliphatic carbocycles. The number of ether oxygens (including phenoxy) is 2. The second-order valence-corrected chi connectivity index (χ2v) is 9.04. The summed E-state index contributed by atoms with van der Waals surface area (Å²) >= 11 is 1.03. The van der Waals surface area contributed by atoms with E-state index in [0.29, 0.717) is 16.5 Å². The number of methoxy groups -OCH3 is 2. The van der Waals surface area contributed by atoms with E-state index in [9.17, 15) is 13.2 Å². The van der Waals surface area contributed by atoms with Crippen molar-refractivity contribution < 1.29 is 22.7 Å². The summed E-state index contributed by atoms with van der Waals surface area (Å²) in [6.07, 6.45) is 0.0948. The predicted molar refractivity (Wildman–Crippen MR) is 109 cm³/mol. The van der Waals surface area contributed by atoms with Gasteiger partial charge in [0.25, 0.3) is 0 Å². The maximum atomic E-state index is 12.4. The molecule has 0 unspecified atom stereocenters. The maximum absolute atomic E-state index is 12.4. The first kappa shape index (κ1) is 20.7. The molecule has 0 fully saturated rings. The maximum Gasteiger partial charge on any atom is 0.230 e. The Bertz CT molecular complexity index is 1100. The summed E-state index contributed by atoms with van der Waals surface area (Å²) in [5.41, 5.74) is 0.733. The van der Waals surface area contributed by atoms with Gasteiger partial charge >= 0.3 is 0 Å². The zero-order chi connectivity index (χ0) is 20.9. The molecule has 152 valence electrons. The van der Waals surface area contributed by atoms with Crippen LogP contribution in [0, 0.1) is 0 Å². The van der Waals surface area contributed by atoms with E-state index in [1.54, 1.807) is 36.4 Å².